The molecule has 19 heavy (non-hydrogen) atoms. The number of hydrogen-bond donors (Lipinski definition) is 0. The van der Waals surface area contributed by atoms with Gasteiger partial charge in [0.15, 0.2) is 0 Å². The van der Waals surface area contributed by atoms with Gasteiger partial charge < -0.3 is 4.57 Å². The van der Waals surface area contributed by atoms with Crippen molar-refractivity contribution in [1.29, 1.82) is 0 Å². The van der Waals surface area contributed by atoms with Crippen LogP contribution < -0.4 is 11.2 Å². The highest BCUT2D eigenvalue weighted by Gasteiger charge is 2.06. The van der Waals surface area contributed by atoms with E-state index in [-0.39, 0.29) is 17.8 Å². The van der Waals surface area contributed by atoms with Gasteiger partial charge >= 0.3 is 5.69 Å². The van der Waals surface area contributed by atoms with Crippen LogP contribution in [0, 0.1) is 0 Å². The summed E-state index contributed by atoms with van der Waals surface area (Å²) in [5, 5.41) is 4.14. The number of nitrogens with zero attached hydrogens (tertiary/aromatic N) is 4. The molecule has 0 aliphatic heterocycles. The zero-order chi connectivity index (χ0) is 13.8. The Bertz CT molecular complexity index is 666. The van der Waals surface area contributed by atoms with Crippen molar-refractivity contribution in [1.82, 2.24) is 18.9 Å². The zero-order valence-corrected chi connectivity index (χ0v) is 11.2. The first-order valence-corrected chi connectivity index (χ1v) is 6.47. The summed E-state index contributed by atoms with van der Waals surface area (Å²) in [5.41, 5.74) is 0.315. The maximum absolute atomic E-state index is 12.2. The van der Waals surface area contributed by atoms with Crippen molar-refractivity contribution >= 4 is 0 Å². The molecule has 0 saturated heterocycles. The minimum atomic E-state index is -0.276. The molecule has 0 aromatic carbocycles. The third-order valence-corrected chi connectivity index (χ3v) is 2.96. The summed E-state index contributed by atoms with van der Waals surface area (Å²) >= 11 is 0. The number of aromatic nitrogens is 4. The van der Waals surface area contributed by atoms with Gasteiger partial charge in [0.25, 0.3) is 5.56 Å². The highest BCUT2D eigenvalue weighted by atomic mass is 16.2. The van der Waals surface area contributed by atoms with Gasteiger partial charge in [-0.3, -0.25) is 14.0 Å². The van der Waals surface area contributed by atoms with Crippen molar-refractivity contribution in [2.75, 3.05) is 0 Å². The van der Waals surface area contributed by atoms with E-state index in [1.807, 2.05) is 20.0 Å². The van der Waals surface area contributed by atoms with Crippen LogP contribution in [0.3, 0.4) is 0 Å². The molecule has 0 radical (unpaired) electrons. The highest BCUT2D eigenvalue weighted by Crippen LogP contribution is 1.98. The van der Waals surface area contributed by atoms with E-state index in [1.54, 1.807) is 21.6 Å². The molecule has 0 amide bonds. The molecule has 0 aliphatic rings. The maximum Gasteiger partial charge on any atom is 0.331 e. The number of hydrogen-bond acceptors (Lipinski definition) is 3. The molecule has 6 heteroatoms. The Morgan fingerprint density at radius 1 is 1.26 bits per heavy atom. The Kier molecular flexibility index (Phi) is 3.99. The predicted molar refractivity (Wildman–Crippen MR) is 72.3 cm³/mol. The SMILES string of the molecule is CCCn1ccc(=O)n(Cc2cnn(CC)c2)c1=O. The standard InChI is InChI=1S/C13H18N4O2/c1-3-6-15-7-5-12(18)17(13(15)19)10-11-8-14-16(4-2)9-11/h5,7-9H,3-4,6,10H2,1-2H3. The normalized spacial score (nSPS) is 10.8. The Labute approximate surface area is 110 Å². The van der Waals surface area contributed by atoms with Gasteiger partial charge in [0.2, 0.25) is 0 Å². The number of rotatable bonds is 5. The van der Waals surface area contributed by atoms with Crippen molar-refractivity contribution < 1.29 is 0 Å². The first kappa shape index (κ1) is 13.3. The Morgan fingerprint density at radius 2 is 2.05 bits per heavy atom. The fourth-order valence-corrected chi connectivity index (χ4v) is 1.96. The van der Waals surface area contributed by atoms with Gasteiger partial charge in [-0.2, -0.15) is 5.10 Å². The largest absolute Gasteiger partial charge is 0.331 e. The summed E-state index contributed by atoms with van der Waals surface area (Å²) in [5.74, 6) is 0. The average molecular weight is 262 g/mol. The van der Waals surface area contributed by atoms with Crippen molar-refractivity contribution in [3.63, 3.8) is 0 Å². The van der Waals surface area contributed by atoms with E-state index in [0.717, 1.165) is 18.5 Å². The van der Waals surface area contributed by atoms with Crippen LogP contribution in [-0.4, -0.2) is 18.9 Å². The highest BCUT2D eigenvalue weighted by molar-refractivity contribution is 5.05. The molecule has 2 heterocycles. The zero-order valence-electron chi connectivity index (χ0n) is 11.2. The molecule has 0 saturated carbocycles. The molecule has 102 valence electrons. The van der Waals surface area contributed by atoms with Gasteiger partial charge in [-0.25, -0.2) is 4.79 Å². The third-order valence-electron chi connectivity index (χ3n) is 2.96. The Balaban J connectivity index is 2.36. The van der Waals surface area contributed by atoms with Gasteiger partial charge in [0.1, 0.15) is 0 Å². The second-order valence-electron chi connectivity index (χ2n) is 4.42. The van der Waals surface area contributed by atoms with Crippen LogP contribution in [0.1, 0.15) is 25.8 Å². The third kappa shape index (κ3) is 2.83. The lowest BCUT2D eigenvalue weighted by atomic mass is 10.3. The second kappa shape index (κ2) is 5.69. The molecule has 0 aliphatic carbocycles. The van der Waals surface area contributed by atoms with E-state index in [2.05, 4.69) is 5.10 Å². The lowest BCUT2D eigenvalue weighted by Crippen LogP contribution is -2.39. The second-order valence-corrected chi connectivity index (χ2v) is 4.42. The average Bonchev–Trinajstić information content (AvgIpc) is 2.86. The van der Waals surface area contributed by atoms with Crippen LogP contribution in [0.5, 0.6) is 0 Å². The summed E-state index contributed by atoms with van der Waals surface area (Å²) in [6.07, 6.45) is 5.95. The summed E-state index contributed by atoms with van der Waals surface area (Å²) in [6.45, 7) is 5.63. The lowest BCUT2D eigenvalue weighted by Gasteiger charge is -2.07. The molecule has 0 fully saturated rings. The molecular weight excluding hydrogens is 244 g/mol. The molecule has 0 atom stereocenters. The predicted octanol–water partition coefficient (Wildman–Crippen LogP) is 0.685. The van der Waals surface area contributed by atoms with E-state index in [4.69, 9.17) is 0 Å². The monoisotopic (exact) mass is 262 g/mol. The minimum Gasteiger partial charge on any atom is -0.300 e. The van der Waals surface area contributed by atoms with E-state index >= 15 is 0 Å². The van der Waals surface area contributed by atoms with Crippen LogP contribution in [0.15, 0.2) is 34.2 Å². The maximum atomic E-state index is 12.2. The van der Waals surface area contributed by atoms with E-state index in [0.29, 0.717) is 6.54 Å². The summed E-state index contributed by atoms with van der Waals surface area (Å²) in [4.78, 5) is 24.0. The molecule has 2 aromatic rings. The van der Waals surface area contributed by atoms with E-state index < -0.39 is 0 Å². The lowest BCUT2D eigenvalue weighted by molar-refractivity contribution is 0.570. The number of aryl methyl sites for hydroxylation is 2. The van der Waals surface area contributed by atoms with Crippen LogP contribution in [0.25, 0.3) is 0 Å². The summed E-state index contributed by atoms with van der Waals surface area (Å²) in [7, 11) is 0. The fraction of sp³-hybridized carbons (Fsp3) is 0.462. The molecule has 2 rings (SSSR count). The van der Waals surface area contributed by atoms with Crippen LogP contribution >= 0.6 is 0 Å². The molecule has 0 bridgehead atoms. The Hall–Kier alpha value is -2.11. The molecule has 0 unspecified atom stereocenters. The Morgan fingerprint density at radius 3 is 2.68 bits per heavy atom. The molecular formula is C13H18N4O2. The van der Waals surface area contributed by atoms with Crippen LogP contribution in [-0.2, 0) is 19.6 Å². The van der Waals surface area contributed by atoms with Gasteiger partial charge in [-0.1, -0.05) is 6.92 Å². The van der Waals surface area contributed by atoms with Crippen LogP contribution in [0.4, 0.5) is 0 Å². The van der Waals surface area contributed by atoms with Gasteiger partial charge in [0.05, 0.1) is 12.7 Å². The van der Waals surface area contributed by atoms with E-state index in [9.17, 15) is 9.59 Å². The van der Waals surface area contributed by atoms with Crippen LogP contribution in [0.2, 0.25) is 0 Å². The molecule has 6 nitrogen and oxygen atoms in total. The fourth-order valence-electron chi connectivity index (χ4n) is 1.96. The van der Waals surface area contributed by atoms with E-state index in [1.165, 1.54) is 10.6 Å². The molecule has 0 spiro atoms. The molecule has 2 aromatic heterocycles. The van der Waals surface area contributed by atoms with Crippen molar-refractivity contribution in [2.24, 2.45) is 0 Å². The van der Waals surface area contributed by atoms with Crippen molar-refractivity contribution in [2.45, 2.75) is 39.9 Å². The molecule has 0 N–H and O–H groups in total. The summed E-state index contributed by atoms with van der Waals surface area (Å²) in [6, 6.07) is 1.43. The summed E-state index contributed by atoms with van der Waals surface area (Å²) < 4.78 is 4.58. The first-order chi connectivity index (χ1) is 9.15. The van der Waals surface area contributed by atoms with Gasteiger partial charge in [-0.05, 0) is 13.3 Å². The first-order valence-electron chi connectivity index (χ1n) is 6.47. The quantitative estimate of drug-likeness (QED) is 0.796. The van der Waals surface area contributed by atoms with Gasteiger partial charge in [0, 0.05) is 37.1 Å². The topological polar surface area (TPSA) is 61.8 Å². The van der Waals surface area contributed by atoms with Crippen molar-refractivity contribution in [3.8, 4) is 0 Å². The van der Waals surface area contributed by atoms with Crippen molar-refractivity contribution in [3.05, 3.63) is 51.1 Å². The smallest absolute Gasteiger partial charge is 0.300 e. The van der Waals surface area contributed by atoms with Gasteiger partial charge in [-0.15, -0.1) is 0 Å². The minimum absolute atomic E-state index is 0.265.